The fraction of sp³-hybridized carbons (Fsp3) is 0.667. The maximum atomic E-state index is 12.3. The highest BCUT2D eigenvalue weighted by molar-refractivity contribution is 5.80. The van der Waals surface area contributed by atoms with Crippen LogP contribution in [-0.2, 0) is 9.53 Å². The van der Waals surface area contributed by atoms with Crippen LogP contribution in [0.25, 0.3) is 0 Å². The van der Waals surface area contributed by atoms with Gasteiger partial charge in [-0.3, -0.25) is 4.79 Å². The molecule has 140 valence electrons. The number of carbonyl (C=O) groups is 1. The number of amides is 1. The summed E-state index contributed by atoms with van der Waals surface area (Å²) in [7, 11) is 0. The van der Waals surface area contributed by atoms with Gasteiger partial charge in [-0.1, -0.05) is 38.8 Å². The Morgan fingerprint density at radius 1 is 1.24 bits per heavy atom. The zero-order chi connectivity index (χ0) is 18.2. The first-order valence-electron chi connectivity index (χ1n) is 9.64. The highest BCUT2D eigenvalue weighted by Crippen LogP contribution is 2.28. The van der Waals surface area contributed by atoms with E-state index < -0.39 is 6.10 Å². The summed E-state index contributed by atoms with van der Waals surface area (Å²) in [5.41, 5.74) is 2.27. The second-order valence-electron chi connectivity index (χ2n) is 7.38. The number of ether oxygens (including phenoxy) is 2. The second-order valence-corrected chi connectivity index (χ2v) is 7.38. The number of hydrogen-bond acceptors (Lipinski definition) is 3. The zero-order valence-corrected chi connectivity index (χ0v) is 16.1. The average molecular weight is 347 g/mol. The van der Waals surface area contributed by atoms with Crippen LogP contribution in [0, 0.1) is 6.92 Å². The van der Waals surface area contributed by atoms with Gasteiger partial charge in [0.15, 0.2) is 6.10 Å². The molecule has 1 aliphatic rings. The van der Waals surface area contributed by atoms with Gasteiger partial charge in [0.25, 0.3) is 5.91 Å². The van der Waals surface area contributed by atoms with Crippen molar-refractivity contribution in [2.24, 2.45) is 0 Å². The van der Waals surface area contributed by atoms with E-state index in [4.69, 9.17) is 9.47 Å². The van der Waals surface area contributed by atoms with E-state index in [2.05, 4.69) is 31.3 Å². The Labute approximate surface area is 152 Å². The van der Waals surface area contributed by atoms with Gasteiger partial charge in [0.1, 0.15) is 5.75 Å². The minimum atomic E-state index is -0.505. The van der Waals surface area contributed by atoms with Crippen LogP contribution in [0.2, 0.25) is 0 Å². The smallest absolute Gasteiger partial charge is 0.260 e. The minimum absolute atomic E-state index is 0.0721. The largest absolute Gasteiger partial charge is 0.481 e. The highest BCUT2D eigenvalue weighted by atomic mass is 16.5. The molecule has 1 saturated carbocycles. The molecular formula is C21H33NO3. The fourth-order valence-electron chi connectivity index (χ4n) is 3.20. The summed E-state index contributed by atoms with van der Waals surface area (Å²) in [5, 5.41) is 2.95. The van der Waals surface area contributed by atoms with E-state index in [0.29, 0.717) is 18.6 Å². The fourth-order valence-corrected chi connectivity index (χ4v) is 3.20. The Kier molecular flexibility index (Phi) is 7.76. The molecule has 1 fully saturated rings. The monoisotopic (exact) mass is 347 g/mol. The van der Waals surface area contributed by atoms with Gasteiger partial charge in [-0.05, 0) is 56.2 Å². The lowest BCUT2D eigenvalue weighted by Crippen LogP contribution is -2.37. The Morgan fingerprint density at radius 3 is 2.64 bits per heavy atom. The molecule has 0 unspecified atom stereocenters. The van der Waals surface area contributed by atoms with E-state index in [0.717, 1.165) is 29.9 Å². The van der Waals surface area contributed by atoms with Crippen LogP contribution in [0.4, 0.5) is 0 Å². The molecule has 2 rings (SSSR count). The summed E-state index contributed by atoms with van der Waals surface area (Å²) >= 11 is 0. The molecule has 4 nitrogen and oxygen atoms in total. The van der Waals surface area contributed by atoms with E-state index in [9.17, 15) is 4.79 Å². The summed E-state index contributed by atoms with van der Waals surface area (Å²) in [6, 6.07) is 6.17. The third-order valence-corrected chi connectivity index (χ3v) is 4.74. The van der Waals surface area contributed by atoms with Crippen molar-refractivity contribution >= 4 is 5.91 Å². The van der Waals surface area contributed by atoms with Crippen molar-refractivity contribution in [3.05, 3.63) is 29.3 Å². The Morgan fingerprint density at radius 2 is 1.96 bits per heavy atom. The Balaban J connectivity index is 1.73. The summed E-state index contributed by atoms with van der Waals surface area (Å²) in [6.07, 6.45) is 5.72. The van der Waals surface area contributed by atoms with Crippen LogP contribution in [0.5, 0.6) is 5.75 Å². The van der Waals surface area contributed by atoms with Crippen LogP contribution >= 0.6 is 0 Å². The first kappa shape index (κ1) is 19.8. The first-order valence-corrected chi connectivity index (χ1v) is 9.64. The average Bonchev–Trinajstić information content (AvgIpc) is 3.07. The molecule has 1 atom stereocenters. The van der Waals surface area contributed by atoms with Gasteiger partial charge in [-0.15, -0.1) is 0 Å². The van der Waals surface area contributed by atoms with Gasteiger partial charge in [0, 0.05) is 13.2 Å². The Bertz CT molecular complexity index is 550. The predicted molar refractivity (Wildman–Crippen MR) is 101 cm³/mol. The molecule has 1 aliphatic carbocycles. The molecule has 4 heteroatoms. The number of carbonyl (C=O) groups excluding carboxylic acids is 1. The number of rotatable bonds is 9. The molecule has 0 aliphatic heterocycles. The van der Waals surface area contributed by atoms with E-state index in [-0.39, 0.29) is 5.91 Å². The molecule has 0 spiro atoms. The van der Waals surface area contributed by atoms with Crippen molar-refractivity contribution in [3.63, 3.8) is 0 Å². The lowest BCUT2D eigenvalue weighted by atomic mass is 10.0. The molecule has 1 amide bonds. The lowest BCUT2D eigenvalue weighted by molar-refractivity contribution is -0.127. The van der Waals surface area contributed by atoms with Gasteiger partial charge in [0.05, 0.1) is 6.10 Å². The maximum Gasteiger partial charge on any atom is 0.260 e. The van der Waals surface area contributed by atoms with Crippen molar-refractivity contribution < 1.29 is 14.3 Å². The lowest BCUT2D eigenvalue weighted by Gasteiger charge is -2.19. The summed E-state index contributed by atoms with van der Waals surface area (Å²) < 4.78 is 11.8. The van der Waals surface area contributed by atoms with Crippen LogP contribution in [0.1, 0.15) is 69.9 Å². The van der Waals surface area contributed by atoms with Crippen molar-refractivity contribution in [2.75, 3.05) is 13.2 Å². The molecule has 1 aromatic carbocycles. The van der Waals surface area contributed by atoms with Crippen LogP contribution in [0.3, 0.4) is 0 Å². The second kappa shape index (κ2) is 9.81. The van der Waals surface area contributed by atoms with E-state index in [1.807, 2.05) is 13.0 Å². The van der Waals surface area contributed by atoms with E-state index in [1.54, 1.807) is 6.92 Å². The third-order valence-electron chi connectivity index (χ3n) is 4.74. The molecular weight excluding hydrogens is 314 g/mol. The topological polar surface area (TPSA) is 47.6 Å². The summed E-state index contributed by atoms with van der Waals surface area (Å²) in [6.45, 7) is 9.45. The summed E-state index contributed by atoms with van der Waals surface area (Å²) in [5.74, 6) is 1.10. The third kappa shape index (κ3) is 6.35. The van der Waals surface area contributed by atoms with Gasteiger partial charge in [0.2, 0.25) is 0 Å². The van der Waals surface area contributed by atoms with Gasteiger partial charge in [-0.25, -0.2) is 0 Å². The Hall–Kier alpha value is -1.55. The van der Waals surface area contributed by atoms with E-state index in [1.165, 1.54) is 25.7 Å². The van der Waals surface area contributed by atoms with Crippen molar-refractivity contribution in [1.82, 2.24) is 5.32 Å². The minimum Gasteiger partial charge on any atom is -0.481 e. The molecule has 1 N–H and O–H groups in total. The number of nitrogens with one attached hydrogen (secondary N) is 1. The van der Waals surface area contributed by atoms with Crippen LogP contribution < -0.4 is 10.1 Å². The van der Waals surface area contributed by atoms with Gasteiger partial charge < -0.3 is 14.8 Å². The molecule has 0 aromatic heterocycles. The summed E-state index contributed by atoms with van der Waals surface area (Å²) in [4.78, 5) is 12.3. The molecule has 0 radical (unpaired) electrons. The number of hydrogen-bond donors (Lipinski definition) is 1. The van der Waals surface area contributed by atoms with Crippen molar-refractivity contribution in [1.29, 1.82) is 0 Å². The molecule has 0 bridgehead atoms. The molecule has 1 aromatic rings. The molecule has 0 saturated heterocycles. The zero-order valence-electron chi connectivity index (χ0n) is 16.1. The highest BCUT2D eigenvalue weighted by Gasteiger charge is 2.18. The quantitative estimate of drug-likeness (QED) is 0.676. The van der Waals surface area contributed by atoms with Crippen LogP contribution in [-0.4, -0.2) is 31.3 Å². The number of benzene rings is 1. The maximum absolute atomic E-state index is 12.3. The van der Waals surface area contributed by atoms with Crippen molar-refractivity contribution in [2.45, 2.75) is 77.9 Å². The van der Waals surface area contributed by atoms with Crippen LogP contribution in [0.15, 0.2) is 18.2 Å². The van der Waals surface area contributed by atoms with Gasteiger partial charge >= 0.3 is 0 Å². The molecule has 25 heavy (non-hydrogen) atoms. The first-order chi connectivity index (χ1) is 12.0. The predicted octanol–water partition coefficient (Wildman–Crippen LogP) is 4.35. The standard InChI is InChI=1S/C21H33NO3/c1-15(2)19-11-10-16(3)14-20(19)25-17(4)21(23)22-12-7-13-24-18-8-5-6-9-18/h10-11,14-15,17-18H,5-9,12-13H2,1-4H3,(H,22,23)/t17-/m0/s1. The van der Waals surface area contributed by atoms with E-state index >= 15 is 0 Å². The SMILES string of the molecule is Cc1ccc(C(C)C)c(O[C@@H](C)C(=O)NCCCOC2CCCC2)c1. The van der Waals surface area contributed by atoms with Crippen molar-refractivity contribution in [3.8, 4) is 5.75 Å². The number of aryl methyl sites for hydroxylation is 1. The van der Waals surface area contributed by atoms with Gasteiger partial charge in [-0.2, -0.15) is 0 Å². The molecule has 0 heterocycles. The normalized spacial score (nSPS) is 16.2.